The van der Waals surface area contributed by atoms with Crippen LogP contribution in [0.5, 0.6) is 0 Å². The van der Waals surface area contributed by atoms with Gasteiger partial charge < -0.3 is 14.5 Å². The Kier molecular flexibility index (Phi) is 6.40. The van der Waals surface area contributed by atoms with Crippen molar-refractivity contribution >= 4 is 17.8 Å². The summed E-state index contributed by atoms with van der Waals surface area (Å²) in [6, 6.07) is 7.74. The first-order valence-electron chi connectivity index (χ1n) is 8.97. The molecule has 1 fully saturated rings. The molecule has 0 saturated carbocycles. The van der Waals surface area contributed by atoms with E-state index in [1.165, 1.54) is 12.7 Å². The lowest BCUT2D eigenvalue weighted by Gasteiger charge is -2.35. The molecule has 0 aromatic heterocycles. The van der Waals surface area contributed by atoms with Gasteiger partial charge in [-0.1, -0.05) is 32.9 Å². The maximum Gasteiger partial charge on any atom is 0.306 e. The molecule has 2 rings (SSSR count). The zero-order valence-electron chi connectivity index (χ0n) is 16.1. The van der Waals surface area contributed by atoms with E-state index in [0.29, 0.717) is 31.7 Å². The number of ether oxygens (including phenoxy) is 1. The molecule has 6 nitrogen and oxygen atoms in total. The van der Waals surface area contributed by atoms with Gasteiger partial charge in [-0.3, -0.25) is 14.4 Å². The van der Waals surface area contributed by atoms with Crippen molar-refractivity contribution in [3.63, 3.8) is 0 Å². The number of rotatable bonds is 4. The SMILES string of the molecule is COC(=O)CCC(=O)N1CCN(C(=O)c2ccc(C(C)(C)C)cc2)CC1. The highest BCUT2D eigenvalue weighted by Crippen LogP contribution is 2.22. The van der Waals surface area contributed by atoms with E-state index < -0.39 is 0 Å². The normalized spacial score (nSPS) is 14.9. The van der Waals surface area contributed by atoms with Gasteiger partial charge in [-0.05, 0) is 23.1 Å². The zero-order valence-corrected chi connectivity index (χ0v) is 16.1. The number of hydrogen-bond donors (Lipinski definition) is 0. The Morgan fingerprint density at radius 2 is 1.46 bits per heavy atom. The van der Waals surface area contributed by atoms with Gasteiger partial charge in [0, 0.05) is 38.2 Å². The third-order valence-corrected chi connectivity index (χ3v) is 4.69. The Hall–Kier alpha value is -2.37. The van der Waals surface area contributed by atoms with E-state index in [-0.39, 0.29) is 36.0 Å². The van der Waals surface area contributed by atoms with Crippen molar-refractivity contribution in [2.45, 2.75) is 39.0 Å². The maximum atomic E-state index is 12.7. The van der Waals surface area contributed by atoms with Crippen molar-refractivity contribution < 1.29 is 19.1 Å². The van der Waals surface area contributed by atoms with Crippen molar-refractivity contribution in [3.8, 4) is 0 Å². The van der Waals surface area contributed by atoms with Crippen molar-refractivity contribution in [2.75, 3.05) is 33.3 Å². The third-order valence-electron chi connectivity index (χ3n) is 4.69. The highest BCUT2D eigenvalue weighted by atomic mass is 16.5. The molecule has 1 heterocycles. The van der Waals surface area contributed by atoms with Gasteiger partial charge in [0.15, 0.2) is 0 Å². The largest absolute Gasteiger partial charge is 0.469 e. The lowest BCUT2D eigenvalue weighted by molar-refractivity contribution is -0.143. The van der Waals surface area contributed by atoms with E-state index in [1.54, 1.807) is 9.80 Å². The number of esters is 1. The summed E-state index contributed by atoms with van der Waals surface area (Å²) in [5.41, 5.74) is 1.91. The van der Waals surface area contributed by atoms with Gasteiger partial charge in [-0.2, -0.15) is 0 Å². The number of amides is 2. The van der Waals surface area contributed by atoms with E-state index in [1.807, 2.05) is 24.3 Å². The molecular weight excluding hydrogens is 332 g/mol. The average Bonchev–Trinajstić information content (AvgIpc) is 2.64. The van der Waals surface area contributed by atoms with Crippen LogP contribution in [0.4, 0.5) is 0 Å². The molecule has 142 valence electrons. The molecule has 0 spiro atoms. The molecule has 1 aromatic carbocycles. The fourth-order valence-electron chi connectivity index (χ4n) is 2.92. The summed E-state index contributed by atoms with van der Waals surface area (Å²) in [5.74, 6) is -0.463. The first-order chi connectivity index (χ1) is 12.2. The van der Waals surface area contributed by atoms with E-state index in [0.717, 1.165) is 0 Å². The van der Waals surface area contributed by atoms with Crippen LogP contribution in [0.1, 0.15) is 49.5 Å². The van der Waals surface area contributed by atoms with Crippen LogP contribution >= 0.6 is 0 Å². The highest BCUT2D eigenvalue weighted by molar-refractivity contribution is 5.94. The molecule has 0 N–H and O–H groups in total. The minimum absolute atomic E-state index is 0.00730. The topological polar surface area (TPSA) is 66.9 Å². The number of hydrogen-bond acceptors (Lipinski definition) is 4. The smallest absolute Gasteiger partial charge is 0.306 e. The molecule has 1 aromatic rings. The molecular formula is C20H28N2O4. The Labute approximate surface area is 155 Å². The Morgan fingerprint density at radius 1 is 0.923 bits per heavy atom. The minimum Gasteiger partial charge on any atom is -0.469 e. The summed E-state index contributed by atoms with van der Waals surface area (Å²) in [5, 5.41) is 0. The van der Waals surface area contributed by atoms with Crippen LogP contribution < -0.4 is 0 Å². The highest BCUT2D eigenvalue weighted by Gasteiger charge is 2.25. The number of methoxy groups -OCH3 is 1. The Balaban J connectivity index is 1.88. The fourth-order valence-corrected chi connectivity index (χ4v) is 2.92. The lowest BCUT2D eigenvalue weighted by atomic mass is 9.86. The molecule has 1 aliphatic rings. The van der Waals surface area contributed by atoms with Crippen LogP contribution in [0.25, 0.3) is 0 Å². The summed E-state index contributed by atoms with van der Waals surface area (Å²) in [4.78, 5) is 39.4. The van der Waals surface area contributed by atoms with Crippen molar-refractivity contribution in [1.29, 1.82) is 0 Å². The summed E-state index contributed by atoms with van der Waals surface area (Å²) in [6.45, 7) is 8.41. The van der Waals surface area contributed by atoms with E-state index >= 15 is 0 Å². The zero-order chi connectivity index (χ0) is 19.3. The second-order valence-electron chi connectivity index (χ2n) is 7.58. The number of nitrogens with zero attached hydrogens (tertiary/aromatic N) is 2. The van der Waals surface area contributed by atoms with Crippen LogP contribution in [-0.4, -0.2) is 60.9 Å². The predicted octanol–water partition coefficient (Wildman–Crippen LogP) is 2.22. The summed E-state index contributed by atoms with van der Waals surface area (Å²) in [7, 11) is 1.31. The van der Waals surface area contributed by atoms with E-state index in [9.17, 15) is 14.4 Å². The summed E-state index contributed by atoms with van der Waals surface area (Å²) >= 11 is 0. The maximum absolute atomic E-state index is 12.7. The van der Waals surface area contributed by atoms with Crippen LogP contribution in [-0.2, 0) is 19.7 Å². The van der Waals surface area contributed by atoms with Gasteiger partial charge >= 0.3 is 5.97 Å². The van der Waals surface area contributed by atoms with E-state index in [2.05, 4.69) is 25.5 Å². The first kappa shape index (κ1) is 19.9. The molecule has 0 radical (unpaired) electrons. The van der Waals surface area contributed by atoms with Gasteiger partial charge in [-0.15, -0.1) is 0 Å². The molecule has 6 heteroatoms. The van der Waals surface area contributed by atoms with Crippen LogP contribution in [0, 0.1) is 0 Å². The van der Waals surface area contributed by atoms with Crippen molar-refractivity contribution in [2.24, 2.45) is 0 Å². The second-order valence-corrected chi connectivity index (χ2v) is 7.58. The number of carbonyl (C=O) groups excluding carboxylic acids is 3. The van der Waals surface area contributed by atoms with Gasteiger partial charge in [-0.25, -0.2) is 0 Å². The molecule has 0 unspecified atom stereocenters. The van der Waals surface area contributed by atoms with Crippen molar-refractivity contribution in [1.82, 2.24) is 9.80 Å². The van der Waals surface area contributed by atoms with Gasteiger partial charge in [0.05, 0.1) is 13.5 Å². The minimum atomic E-state index is -0.383. The second kappa shape index (κ2) is 8.34. The molecule has 1 saturated heterocycles. The monoisotopic (exact) mass is 360 g/mol. The standard InChI is InChI=1S/C20H28N2O4/c1-20(2,3)16-7-5-15(6-8-16)19(25)22-13-11-21(12-14-22)17(23)9-10-18(24)26-4/h5-8H,9-14H2,1-4H3. The van der Waals surface area contributed by atoms with Gasteiger partial charge in [0.25, 0.3) is 5.91 Å². The molecule has 0 bridgehead atoms. The van der Waals surface area contributed by atoms with Gasteiger partial charge in [0.1, 0.15) is 0 Å². The Morgan fingerprint density at radius 3 is 1.96 bits per heavy atom. The van der Waals surface area contributed by atoms with Crippen LogP contribution in [0.2, 0.25) is 0 Å². The Bertz CT molecular complexity index is 653. The van der Waals surface area contributed by atoms with Crippen LogP contribution in [0.15, 0.2) is 24.3 Å². The van der Waals surface area contributed by atoms with Crippen molar-refractivity contribution in [3.05, 3.63) is 35.4 Å². The quantitative estimate of drug-likeness (QED) is 0.772. The third kappa shape index (κ3) is 5.07. The first-order valence-corrected chi connectivity index (χ1v) is 8.97. The number of benzene rings is 1. The average molecular weight is 360 g/mol. The molecule has 2 amide bonds. The fraction of sp³-hybridized carbons (Fsp3) is 0.550. The molecule has 26 heavy (non-hydrogen) atoms. The molecule has 0 atom stereocenters. The molecule has 0 aliphatic carbocycles. The van der Waals surface area contributed by atoms with E-state index in [4.69, 9.17) is 0 Å². The number of carbonyl (C=O) groups is 3. The van der Waals surface area contributed by atoms with Gasteiger partial charge in [0.2, 0.25) is 5.91 Å². The van der Waals surface area contributed by atoms with Crippen LogP contribution in [0.3, 0.4) is 0 Å². The summed E-state index contributed by atoms with van der Waals surface area (Å²) < 4.78 is 4.55. The predicted molar refractivity (Wildman–Crippen MR) is 98.9 cm³/mol. The summed E-state index contributed by atoms with van der Waals surface area (Å²) in [6.07, 6.45) is 0.240. The number of piperazine rings is 1. The molecule has 1 aliphatic heterocycles. The lowest BCUT2D eigenvalue weighted by Crippen LogP contribution is -2.50.